The van der Waals surface area contributed by atoms with Gasteiger partial charge in [-0.3, -0.25) is 4.79 Å². The van der Waals surface area contributed by atoms with E-state index in [0.717, 1.165) is 26.5 Å². The topological polar surface area (TPSA) is 128 Å². The first-order valence-corrected chi connectivity index (χ1v) is 17.4. The molecule has 0 spiro atoms. The van der Waals surface area contributed by atoms with Crippen LogP contribution in [0.1, 0.15) is 24.8 Å². The molecule has 0 radical (unpaired) electrons. The first kappa shape index (κ1) is 34.0. The molecule has 3 aromatic rings. The summed E-state index contributed by atoms with van der Waals surface area (Å²) in [6, 6.07) is 9.60. The van der Waals surface area contributed by atoms with Crippen molar-refractivity contribution in [2.75, 3.05) is 23.5 Å². The molecule has 214 valence electrons. The van der Waals surface area contributed by atoms with Gasteiger partial charge in [0.05, 0.1) is 27.1 Å². The van der Waals surface area contributed by atoms with E-state index in [-0.39, 0.29) is 49.1 Å². The predicted octanol–water partition coefficient (Wildman–Crippen LogP) is 1.24. The summed E-state index contributed by atoms with van der Waals surface area (Å²) in [5, 5.41) is 1.85. The van der Waals surface area contributed by atoms with Crippen LogP contribution in [0.25, 0.3) is 16.3 Å². The molecular weight excluding hydrogens is 644 g/mol. The Morgan fingerprint density at radius 1 is 1.20 bits per heavy atom. The van der Waals surface area contributed by atoms with Crippen molar-refractivity contribution < 1.29 is 64.7 Å². The summed E-state index contributed by atoms with van der Waals surface area (Å²) in [6.45, 7) is 1.87. The van der Waals surface area contributed by atoms with Gasteiger partial charge in [-0.05, 0) is 54.8 Å². The number of anilines is 1. The molecule has 0 fully saturated rings. The van der Waals surface area contributed by atoms with Gasteiger partial charge in [-0.25, -0.2) is 25.9 Å². The van der Waals surface area contributed by atoms with Gasteiger partial charge in [-0.1, -0.05) is 41.6 Å². The first-order valence-electron chi connectivity index (χ1n) is 12.0. The largest absolute Gasteiger partial charge is 1.00 e. The number of fused-ring (bicyclic) bond motifs is 2. The van der Waals surface area contributed by atoms with Crippen molar-refractivity contribution in [3.8, 4) is 0 Å². The molecule has 2 aromatic carbocycles. The number of benzene rings is 2. The van der Waals surface area contributed by atoms with E-state index in [4.69, 9.17) is 11.6 Å². The van der Waals surface area contributed by atoms with Crippen LogP contribution in [-0.2, 0) is 31.5 Å². The SMILES string of the molecule is CCC(=Cc1sc2ccc(Cl)cc2[n+]1CC(=O)NS(C)(=O)=O)C=C1Sc2ccc(F)cc2N1CCCS(=O)(=O)[O-].[Na+]. The van der Waals surface area contributed by atoms with Crippen LogP contribution in [0.5, 0.6) is 0 Å². The number of carbonyl (C=O) groups is 1. The Labute approximate surface area is 273 Å². The maximum absolute atomic E-state index is 14.1. The third-order valence-electron chi connectivity index (χ3n) is 5.79. The number of sulfonamides is 1. The number of allylic oxidation sites excluding steroid dienone is 2. The fraction of sp³-hybridized carbons (Fsp3) is 0.280. The predicted molar refractivity (Wildman–Crippen MR) is 155 cm³/mol. The number of hydrogen-bond donors (Lipinski definition) is 1. The molecule has 0 atom stereocenters. The van der Waals surface area contributed by atoms with E-state index in [2.05, 4.69) is 0 Å². The molecular formula is C25H25ClFN3NaO6S4+. The number of thiazole rings is 1. The Balaban J connectivity index is 0.00000462. The second-order valence-electron chi connectivity index (χ2n) is 8.97. The molecule has 0 aliphatic carbocycles. The van der Waals surface area contributed by atoms with Crippen molar-refractivity contribution in [1.82, 2.24) is 4.72 Å². The zero-order valence-corrected chi connectivity index (χ0v) is 28.4. The molecule has 4 rings (SSSR count). The molecule has 1 aromatic heterocycles. The van der Waals surface area contributed by atoms with Crippen LogP contribution in [0, 0.1) is 5.82 Å². The monoisotopic (exact) mass is 668 g/mol. The van der Waals surface area contributed by atoms with Crippen LogP contribution in [0.2, 0.25) is 5.02 Å². The number of carbonyl (C=O) groups excluding carboxylic acids is 1. The molecule has 1 aliphatic rings. The molecule has 0 bridgehead atoms. The Hall–Kier alpha value is -1.49. The first-order chi connectivity index (χ1) is 18.7. The molecule has 2 heterocycles. The fourth-order valence-corrected chi connectivity index (χ4v) is 7.49. The van der Waals surface area contributed by atoms with Crippen molar-refractivity contribution in [2.45, 2.75) is 31.2 Å². The maximum atomic E-state index is 14.1. The van der Waals surface area contributed by atoms with Crippen LogP contribution in [-0.4, -0.2) is 45.8 Å². The Morgan fingerprint density at radius 2 is 1.93 bits per heavy atom. The normalized spacial score (nSPS) is 14.8. The summed E-state index contributed by atoms with van der Waals surface area (Å²) in [5.74, 6) is -1.69. The van der Waals surface area contributed by atoms with Gasteiger partial charge in [0.1, 0.15) is 10.5 Å². The smallest absolute Gasteiger partial charge is 0.748 e. The summed E-state index contributed by atoms with van der Waals surface area (Å²) < 4.78 is 75.3. The number of nitrogens with zero attached hydrogens (tertiary/aromatic N) is 2. The molecule has 41 heavy (non-hydrogen) atoms. The Bertz CT molecular complexity index is 1760. The van der Waals surface area contributed by atoms with Crippen LogP contribution in [0.15, 0.2) is 58.0 Å². The number of hydrogen-bond acceptors (Lipinski definition) is 9. The molecule has 9 nitrogen and oxygen atoms in total. The molecule has 1 N–H and O–H groups in total. The van der Waals surface area contributed by atoms with Gasteiger partial charge in [0.15, 0.2) is 0 Å². The summed E-state index contributed by atoms with van der Waals surface area (Å²) >= 11 is 9.00. The number of amides is 1. The molecule has 0 unspecified atom stereocenters. The molecule has 1 aliphatic heterocycles. The van der Waals surface area contributed by atoms with Gasteiger partial charge in [-0.2, -0.15) is 4.57 Å². The zero-order chi connectivity index (χ0) is 29.2. The Morgan fingerprint density at radius 3 is 2.59 bits per heavy atom. The average Bonchev–Trinajstić information content (AvgIpc) is 3.33. The number of halogens is 2. The van der Waals surface area contributed by atoms with E-state index in [1.807, 2.05) is 29.9 Å². The maximum Gasteiger partial charge on any atom is 1.00 e. The average molecular weight is 669 g/mol. The fourth-order valence-electron chi connectivity index (χ4n) is 4.10. The second kappa shape index (κ2) is 13.9. The number of nitrogens with one attached hydrogen (secondary N) is 1. The summed E-state index contributed by atoms with van der Waals surface area (Å²) in [5.41, 5.74) is 2.08. The number of thioether (sulfide) groups is 1. The molecule has 16 heteroatoms. The third-order valence-corrected chi connectivity index (χ3v) is 9.63. The van der Waals surface area contributed by atoms with Gasteiger partial charge in [0.2, 0.25) is 22.1 Å². The van der Waals surface area contributed by atoms with Gasteiger partial charge in [0.25, 0.3) is 10.9 Å². The summed E-state index contributed by atoms with van der Waals surface area (Å²) in [7, 11) is -8.15. The molecule has 0 saturated carbocycles. The second-order valence-corrected chi connectivity index (χ2v) is 14.8. The van der Waals surface area contributed by atoms with Gasteiger partial charge < -0.3 is 9.45 Å². The van der Waals surface area contributed by atoms with Crippen molar-refractivity contribution in [2.24, 2.45) is 0 Å². The minimum absolute atomic E-state index is 0. The summed E-state index contributed by atoms with van der Waals surface area (Å²) in [4.78, 5) is 15.1. The van der Waals surface area contributed by atoms with Crippen LogP contribution in [0.4, 0.5) is 10.1 Å². The van der Waals surface area contributed by atoms with Crippen molar-refractivity contribution in [3.05, 3.63) is 68.9 Å². The van der Waals surface area contributed by atoms with Crippen molar-refractivity contribution in [1.29, 1.82) is 0 Å². The van der Waals surface area contributed by atoms with Crippen LogP contribution < -0.4 is 43.7 Å². The molecule has 0 saturated heterocycles. The van der Waals surface area contributed by atoms with E-state index in [1.165, 1.54) is 35.2 Å². The van der Waals surface area contributed by atoms with Crippen LogP contribution >= 0.6 is 34.7 Å². The summed E-state index contributed by atoms with van der Waals surface area (Å²) in [6.07, 6.45) is 5.32. The molecule has 1 amide bonds. The van der Waals surface area contributed by atoms with Gasteiger partial charge >= 0.3 is 29.6 Å². The standard InChI is InChI=1S/C25H25ClFN3O6S4.Na/c1-3-16(11-24-29(9-4-10-40(34,35)36)20-14-18(27)6-8-22(20)37-24)12-25-30(15-23(31)28-39(2,32)33)19-13-17(26)5-7-21(19)38-25;/h5-8,11-14H,3-4,9-10,15H2,1-2H3,(H-,28,31,34,35,36);/q;+1. The van der Waals surface area contributed by atoms with Crippen molar-refractivity contribution in [3.63, 3.8) is 0 Å². The van der Waals surface area contributed by atoms with Crippen molar-refractivity contribution >= 4 is 82.7 Å². The minimum atomic E-state index is -4.40. The quantitative estimate of drug-likeness (QED) is 0.194. The third kappa shape index (κ3) is 9.25. The van der Waals surface area contributed by atoms with E-state index in [0.29, 0.717) is 27.7 Å². The number of aromatic nitrogens is 1. The van der Waals surface area contributed by atoms with E-state index in [9.17, 15) is 30.6 Å². The zero-order valence-electron chi connectivity index (χ0n) is 22.4. The van der Waals surface area contributed by atoms with Crippen LogP contribution in [0.3, 0.4) is 0 Å². The van der Waals surface area contributed by atoms with E-state index < -0.39 is 37.6 Å². The van der Waals surface area contributed by atoms with E-state index >= 15 is 0 Å². The van der Waals surface area contributed by atoms with Gasteiger partial charge in [-0.15, -0.1) is 0 Å². The number of rotatable bonds is 10. The minimum Gasteiger partial charge on any atom is -0.748 e. The Kier molecular flexibility index (Phi) is 11.5. The van der Waals surface area contributed by atoms with E-state index in [1.54, 1.807) is 27.7 Å². The van der Waals surface area contributed by atoms with Gasteiger partial charge in [0, 0.05) is 34.4 Å².